The van der Waals surface area contributed by atoms with Gasteiger partial charge in [0.2, 0.25) is 0 Å². The van der Waals surface area contributed by atoms with Crippen LogP contribution in [0.4, 0.5) is 5.69 Å². The molecule has 3 aromatic carbocycles. The summed E-state index contributed by atoms with van der Waals surface area (Å²) in [5, 5.41) is 1.11. The summed E-state index contributed by atoms with van der Waals surface area (Å²) >= 11 is 18.0. The highest BCUT2D eigenvalue weighted by Crippen LogP contribution is 2.31. The molecule has 0 bridgehead atoms. The molecular formula is C19H15Cl3N2O3S. The number of benzene rings is 3. The van der Waals surface area contributed by atoms with Crippen molar-refractivity contribution in [1.29, 1.82) is 0 Å². The zero-order valence-corrected chi connectivity index (χ0v) is 17.4. The molecule has 3 aromatic rings. The molecule has 0 radical (unpaired) electrons. The molecule has 0 saturated heterocycles. The predicted octanol–water partition coefficient (Wildman–Crippen LogP) is 5.70. The highest BCUT2D eigenvalue weighted by atomic mass is 35.5. The average molecular weight is 458 g/mol. The van der Waals surface area contributed by atoms with Crippen molar-refractivity contribution in [2.45, 2.75) is 11.4 Å². The number of nitrogens with two attached hydrogens (primary N) is 1. The van der Waals surface area contributed by atoms with Gasteiger partial charge in [0, 0.05) is 22.2 Å². The third kappa shape index (κ3) is 4.71. The molecule has 0 spiro atoms. The second kappa shape index (κ2) is 8.59. The minimum absolute atomic E-state index is 0.0519. The minimum atomic E-state index is -3.83. The average Bonchev–Trinajstić information content (AvgIpc) is 2.65. The molecule has 0 aliphatic rings. The van der Waals surface area contributed by atoms with E-state index in [2.05, 4.69) is 4.72 Å². The maximum absolute atomic E-state index is 12.6. The second-order valence-electron chi connectivity index (χ2n) is 5.72. The van der Waals surface area contributed by atoms with E-state index in [1.54, 1.807) is 36.4 Å². The predicted molar refractivity (Wildman–Crippen MR) is 113 cm³/mol. The number of ether oxygens (including phenoxy) is 1. The maximum atomic E-state index is 12.6. The van der Waals surface area contributed by atoms with E-state index in [0.717, 1.165) is 0 Å². The van der Waals surface area contributed by atoms with Crippen LogP contribution in [0.5, 0.6) is 11.5 Å². The molecule has 0 atom stereocenters. The molecule has 3 rings (SSSR count). The van der Waals surface area contributed by atoms with Crippen LogP contribution in [-0.4, -0.2) is 8.42 Å². The van der Waals surface area contributed by atoms with Gasteiger partial charge in [0.15, 0.2) is 0 Å². The van der Waals surface area contributed by atoms with Crippen LogP contribution in [0.2, 0.25) is 15.1 Å². The second-order valence-corrected chi connectivity index (χ2v) is 8.66. The molecule has 0 aromatic heterocycles. The first-order chi connectivity index (χ1) is 13.3. The summed E-state index contributed by atoms with van der Waals surface area (Å²) < 4.78 is 33.4. The van der Waals surface area contributed by atoms with Crippen LogP contribution >= 0.6 is 34.8 Å². The topological polar surface area (TPSA) is 81.4 Å². The van der Waals surface area contributed by atoms with Crippen LogP contribution in [0.3, 0.4) is 0 Å². The Bertz CT molecular complexity index is 1100. The zero-order valence-electron chi connectivity index (χ0n) is 14.3. The summed E-state index contributed by atoms with van der Waals surface area (Å²) in [6.45, 7) is 0.216. The van der Waals surface area contributed by atoms with E-state index in [1.165, 1.54) is 24.3 Å². The SMILES string of the molecule is NCc1c(Cl)cccc1Oc1ccc(S(=O)(=O)Nc2ccc(Cl)cc2Cl)cc1. The van der Waals surface area contributed by atoms with Gasteiger partial charge in [-0.25, -0.2) is 8.42 Å². The van der Waals surface area contributed by atoms with Gasteiger partial charge in [-0.3, -0.25) is 4.72 Å². The summed E-state index contributed by atoms with van der Waals surface area (Å²) in [4.78, 5) is 0.0519. The highest BCUT2D eigenvalue weighted by Gasteiger charge is 2.16. The molecule has 0 fully saturated rings. The van der Waals surface area contributed by atoms with Gasteiger partial charge in [0.25, 0.3) is 10.0 Å². The summed E-state index contributed by atoms with van der Waals surface area (Å²) in [6, 6.07) is 15.6. The normalized spacial score (nSPS) is 11.3. The molecule has 5 nitrogen and oxygen atoms in total. The van der Waals surface area contributed by atoms with Crippen LogP contribution in [0.1, 0.15) is 5.56 Å². The fourth-order valence-electron chi connectivity index (χ4n) is 2.42. The van der Waals surface area contributed by atoms with Gasteiger partial charge in [-0.1, -0.05) is 40.9 Å². The molecule has 0 saturated carbocycles. The van der Waals surface area contributed by atoms with Crippen molar-refractivity contribution >= 4 is 50.5 Å². The molecule has 146 valence electrons. The Morgan fingerprint density at radius 3 is 2.29 bits per heavy atom. The van der Waals surface area contributed by atoms with Crippen molar-refractivity contribution in [3.8, 4) is 11.5 Å². The van der Waals surface area contributed by atoms with E-state index in [9.17, 15) is 8.42 Å². The van der Waals surface area contributed by atoms with Gasteiger partial charge in [-0.05, 0) is 54.6 Å². The Morgan fingerprint density at radius 2 is 1.64 bits per heavy atom. The lowest BCUT2D eigenvalue weighted by atomic mass is 10.2. The fourth-order valence-corrected chi connectivity index (χ4v) is 4.26. The van der Waals surface area contributed by atoms with Gasteiger partial charge in [0.05, 0.1) is 15.6 Å². The van der Waals surface area contributed by atoms with Crippen LogP contribution in [-0.2, 0) is 16.6 Å². The molecule has 0 heterocycles. The number of sulfonamides is 1. The van der Waals surface area contributed by atoms with Crippen molar-refractivity contribution in [2.24, 2.45) is 5.73 Å². The van der Waals surface area contributed by atoms with Crippen LogP contribution < -0.4 is 15.2 Å². The fraction of sp³-hybridized carbons (Fsp3) is 0.0526. The summed E-state index contributed by atoms with van der Waals surface area (Å²) in [6.07, 6.45) is 0. The Hall–Kier alpha value is -1.96. The van der Waals surface area contributed by atoms with E-state index >= 15 is 0 Å². The summed E-state index contributed by atoms with van der Waals surface area (Å²) in [5.41, 5.74) is 6.61. The van der Waals surface area contributed by atoms with Crippen molar-refractivity contribution in [1.82, 2.24) is 0 Å². The number of anilines is 1. The zero-order chi connectivity index (χ0) is 20.3. The molecule has 0 aliphatic carbocycles. The van der Waals surface area contributed by atoms with Crippen LogP contribution in [0.25, 0.3) is 0 Å². The monoisotopic (exact) mass is 456 g/mol. The Labute approximate surface area is 178 Å². The number of nitrogens with one attached hydrogen (secondary N) is 1. The number of halogens is 3. The molecule has 0 aliphatic heterocycles. The van der Waals surface area contributed by atoms with Gasteiger partial charge in [-0.15, -0.1) is 0 Å². The quantitative estimate of drug-likeness (QED) is 0.497. The van der Waals surface area contributed by atoms with Crippen molar-refractivity contribution in [2.75, 3.05) is 4.72 Å². The molecule has 9 heteroatoms. The van der Waals surface area contributed by atoms with Crippen molar-refractivity contribution in [3.05, 3.63) is 81.3 Å². The van der Waals surface area contributed by atoms with Gasteiger partial charge in [-0.2, -0.15) is 0 Å². The molecule has 3 N–H and O–H groups in total. The Morgan fingerprint density at radius 1 is 0.929 bits per heavy atom. The Kier molecular flexibility index (Phi) is 6.37. The number of rotatable bonds is 6. The third-order valence-electron chi connectivity index (χ3n) is 3.82. The number of hydrogen-bond donors (Lipinski definition) is 2. The molecule has 28 heavy (non-hydrogen) atoms. The highest BCUT2D eigenvalue weighted by molar-refractivity contribution is 7.92. The summed E-state index contributed by atoms with van der Waals surface area (Å²) in [7, 11) is -3.83. The van der Waals surface area contributed by atoms with Crippen LogP contribution in [0, 0.1) is 0 Å². The van der Waals surface area contributed by atoms with E-state index in [-0.39, 0.29) is 22.2 Å². The lowest BCUT2D eigenvalue weighted by molar-refractivity contribution is 0.476. The first-order valence-electron chi connectivity index (χ1n) is 8.03. The largest absolute Gasteiger partial charge is 0.457 e. The summed E-state index contributed by atoms with van der Waals surface area (Å²) in [5.74, 6) is 0.956. The molecular weight excluding hydrogens is 443 g/mol. The smallest absolute Gasteiger partial charge is 0.261 e. The lowest BCUT2D eigenvalue weighted by Gasteiger charge is -2.13. The van der Waals surface area contributed by atoms with E-state index in [0.29, 0.717) is 27.1 Å². The standard InChI is InChI=1S/C19H15Cl3N2O3S/c20-12-4-9-18(17(22)10-12)24-28(25,26)14-7-5-13(6-8-14)27-19-3-1-2-16(21)15(19)11-23/h1-10,24H,11,23H2. The van der Waals surface area contributed by atoms with E-state index in [1.807, 2.05) is 0 Å². The maximum Gasteiger partial charge on any atom is 0.261 e. The van der Waals surface area contributed by atoms with E-state index in [4.69, 9.17) is 45.3 Å². The van der Waals surface area contributed by atoms with Crippen molar-refractivity contribution in [3.63, 3.8) is 0 Å². The third-order valence-corrected chi connectivity index (χ3v) is 6.10. The van der Waals surface area contributed by atoms with E-state index < -0.39 is 10.0 Å². The Balaban J connectivity index is 1.81. The molecule has 0 unspecified atom stereocenters. The van der Waals surface area contributed by atoms with Gasteiger partial charge >= 0.3 is 0 Å². The first-order valence-corrected chi connectivity index (χ1v) is 10.6. The first kappa shape index (κ1) is 20.8. The lowest BCUT2D eigenvalue weighted by Crippen LogP contribution is -2.13. The van der Waals surface area contributed by atoms with Crippen LogP contribution in [0.15, 0.2) is 65.6 Å². The van der Waals surface area contributed by atoms with Gasteiger partial charge in [0.1, 0.15) is 11.5 Å². The number of hydrogen-bond acceptors (Lipinski definition) is 4. The molecule has 0 amide bonds. The van der Waals surface area contributed by atoms with Crippen molar-refractivity contribution < 1.29 is 13.2 Å². The minimum Gasteiger partial charge on any atom is -0.457 e. The van der Waals surface area contributed by atoms with Gasteiger partial charge < -0.3 is 10.5 Å².